The fourth-order valence-corrected chi connectivity index (χ4v) is 0.958. The van der Waals surface area contributed by atoms with Gasteiger partial charge in [0.1, 0.15) is 11.6 Å². The zero-order valence-corrected chi connectivity index (χ0v) is 5.79. The van der Waals surface area contributed by atoms with Crippen LogP contribution >= 0.6 is 11.9 Å². The molecule has 0 radical (unpaired) electrons. The molecule has 10 heavy (non-hydrogen) atoms. The summed E-state index contributed by atoms with van der Waals surface area (Å²) >= 11 is 0.817. The molecule has 0 bridgehead atoms. The van der Waals surface area contributed by atoms with Crippen LogP contribution in [0, 0.1) is 11.6 Å². The number of nitrogens with two attached hydrogens (primary N) is 1. The van der Waals surface area contributed by atoms with Gasteiger partial charge in [0.25, 0.3) is 0 Å². The second-order valence-electron chi connectivity index (χ2n) is 1.72. The highest BCUT2D eigenvalue weighted by Crippen LogP contribution is 2.14. The van der Waals surface area contributed by atoms with Gasteiger partial charge in [0.2, 0.25) is 0 Å². The first-order valence-corrected chi connectivity index (χ1v) is 3.43. The molecular formula is C6H5F2NS. The Kier molecular flexibility index (Phi) is 2.24. The highest BCUT2D eigenvalue weighted by atomic mass is 32.2. The molecule has 0 saturated heterocycles. The van der Waals surface area contributed by atoms with Crippen molar-refractivity contribution in [2.45, 2.75) is 4.90 Å². The molecule has 0 aliphatic heterocycles. The van der Waals surface area contributed by atoms with Gasteiger partial charge in [-0.25, -0.2) is 8.78 Å². The van der Waals surface area contributed by atoms with Crippen LogP contribution in [-0.2, 0) is 0 Å². The fraction of sp³-hybridized carbons (Fsp3) is 0. The Bertz CT molecular complexity index is 219. The molecule has 1 rings (SSSR count). The van der Waals surface area contributed by atoms with E-state index in [9.17, 15) is 8.78 Å². The van der Waals surface area contributed by atoms with Gasteiger partial charge in [-0.2, -0.15) is 0 Å². The standard InChI is InChI=1S/C6H5F2NS/c7-4-1-5(8)3-6(2-4)10-9/h1-3H,9H2. The Morgan fingerprint density at radius 1 is 1.10 bits per heavy atom. The van der Waals surface area contributed by atoms with Crippen molar-refractivity contribution in [3.8, 4) is 0 Å². The maximum absolute atomic E-state index is 12.3. The van der Waals surface area contributed by atoms with Crippen LogP contribution in [0.2, 0.25) is 0 Å². The van der Waals surface area contributed by atoms with Gasteiger partial charge < -0.3 is 0 Å². The van der Waals surface area contributed by atoms with E-state index < -0.39 is 11.6 Å². The van der Waals surface area contributed by atoms with E-state index in [2.05, 4.69) is 0 Å². The normalized spacial score (nSPS) is 9.90. The summed E-state index contributed by atoms with van der Waals surface area (Å²) in [6.07, 6.45) is 0. The second-order valence-corrected chi connectivity index (χ2v) is 2.43. The van der Waals surface area contributed by atoms with Gasteiger partial charge in [0, 0.05) is 11.0 Å². The minimum absolute atomic E-state index is 0.387. The average Bonchev–Trinajstić information content (AvgIpc) is 1.85. The molecule has 1 aromatic rings. The summed E-state index contributed by atoms with van der Waals surface area (Å²) in [5.74, 6) is -1.21. The van der Waals surface area contributed by atoms with Crippen LogP contribution in [0.5, 0.6) is 0 Å². The third kappa shape index (κ3) is 1.68. The zero-order chi connectivity index (χ0) is 7.56. The van der Waals surface area contributed by atoms with E-state index in [1.165, 1.54) is 12.1 Å². The van der Waals surface area contributed by atoms with Gasteiger partial charge in [0.05, 0.1) is 0 Å². The molecule has 1 nitrogen and oxygen atoms in total. The molecule has 4 heteroatoms. The van der Waals surface area contributed by atoms with E-state index >= 15 is 0 Å². The number of hydrogen-bond donors (Lipinski definition) is 1. The number of halogens is 2. The molecule has 0 aromatic heterocycles. The lowest BCUT2D eigenvalue weighted by Gasteiger charge is -1.94. The monoisotopic (exact) mass is 161 g/mol. The van der Waals surface area contributed by atoms with Crippen LogP contribution in [0.1, 0.15) is 0 Å². The quantitative estimate of drug-likeness (QED) is 0.637. The van der Waals surface area contributed by atoms with Gasteiger partial charge in [-0.1, -0.05) is 0 Å². The van der Waals surface area contributed by atoms with Gasteiger partial charge in [-0.3, -0.25) is 5.14 Å². The molecule has 0 amide bonds. The summed E-state index contributed by atoms with van der Waals surface area (Å²) < 4.78 is 24.6. The molecule has 1 aromatic carbocycles. The molecule has 0 aliphatic carbocycles. The molecule has 2 N–H and O–H groups in total. The molecule has 0 spiro atoms. The first kappa shape index (κ1) is 7.50. The minimum Gasteiger partial charge on any atom is -0.274 e. The summed E-state index contributed by atoms with van der Waals surface area (Å²) in [6.45, 7) is 0. The lowest BCUT2D eigenvalue weighted by atomic mass is 10.3. The van der Waals surface area contributed by atoms with Crippen LogP contribution < -0.4 is 5.14 Å². The number of rotatable bonds is 1. The molecule has 0 aliphatic rings. The van der Waals surface area contributed by atoms with Crippen molar-refractivity contribution in [3.05, 3.63) is 29.8 Å². The Morgan fingerprint density at radius 3 is 2.00 bits per heavy atom. The van der Waals surface area contributed by atoms with Crippen molar-refractivity contribution >= 4 is 11.9 Å². The van der Waals surface area contributed by atoms with Gasteiger partial charge in [-0.15, -0.1) is 0 Å². The topological polar surface area (TPSA) is 26.0 Å². The molecule has 0 saturated carbocycles. The molecule has 54 valence electrons. The molecule has 0 heterocycles. The minimum atomic E-state index is -0.604. The predicted molar refractivity (Wildman–Crippen MR) is 36.4 cm³/mol. The van der Waals surface area contributed by atoms with E-state index in [0.717, 1.165) is 18.0 Å². The van der Waals surface area contributed by atoms with Crippen LogP contribution in [0.15, 0.2) is 23.1 Å². The van der Waals surface area contributed by atoms with Crippen molar-refractivity contribution in [2.75, 3.05) is 0 Å². The van der Waals surface area contributed by atoms with Crippen LogP contribution in [0.3, 0.4) is 0 Å². The third-order valence-electron chi connectivity index (χ3n) is 0.972. The van der Waals surface area contributed by atoms with Crippen molar-refractivity contribution in [2.24, 2.45) is 5.14 Å². The first-order chi connectivity index (χ1) is 4.72. The summed E-state index contributed by atoms with van der Waals surface area (Å²) in [5, 5.41) is 5.07. The lowest BCUT2D eigenvalue weighted by Crippen LogP contribution is -1.84. The van der Waals surface area contributed by atoms with Crippen molar-refractivity contribution in [1.82, 2.24) is 0 Å². The lowest BCUT2D eigenvalue weighted by molar-refractivity contribution is 0.577. The van der Waals surface area contributed by atoms with Crippen LogP contribution in [0.4, 0.5) is 8.78 Å². The van der Waals surface area contributed by atoms with Crippen molar-refractivity contribution in [1.29, 1.82) is 0 Å². The Balaban J connectivity index is 3.06. The predicted octanol–water partition coefficient (Wildman–Crippen LogP) is 1.93. The Hall–Kier alpha value is -0.610. The average molecular weight is 161 g/mol. The first-order valence-electron chi connectivity index (χ1n) is 2.55. The summed E-state index contributed by atoms with van der Waals surface area (Å²) in [4.78, 5) is 0.387. The maximum Gasteiger partial charge on any atom is 0.127 e. The van der Waals surface area contributed by atoms with E-state index in [4.69, 9.17) is 5.14 Å². The maximum atomic E-state index is 12.3. The van der Waals surface area contributed by atoms with E-state index in [1.54, 1.807) is 0 Å². The summed E-state index contributed by atoms with van der Waals surface area (Å²) in [5.41, 5.74) is 0. The Labute approximate surface area is 61.4 Å². The molecule has 0 atom stereocenters. The molecular weight excluding hydrogens is 156 g/mol. The van der Waals surface area contributed by atoms with Gasteiger partial charge >= 0.3 is 0 Å². The summed E-state index contributed by atoms with van der Waals surface area (Å²) in [7, 11) is 0. The molecule has 0 fully saturated rings. The van der Waals surface area contributed by atoms with Crippen LogP contribution in [-0.4, -0.2) is 0 Å². The van der Waals surface area contributed by atoms with Crippen LogP contribution in [0.25, 0.3) is 0 Å². The molecule has 0 unspecified atom stereocenters. The highest BCUT2D eigenvalue weighted by molar-refractivity contribution is 7.97. The highest BCUT2D eigenvalue weighted by Gasteiger charge is 1.97. The van der Waals surface area contributed by atoms with Crippen molar-refractivity contribution in [3.63, 3.8) is 0 Å². The van der Waals surface area contributed by atoms with Gasteiger partial charge in [-0.05, 0) is 24.1 Å². The van der Waals surface area contributed by atoms with E-state index in [0.29, 0.717) is 4.90 Å². The Morgan fingerprint density at radius 2 is 1.60 bits per heavy atom. The van der Waals surface area contributed by atoms with Gasteiger partial charge in [0.15, 0.2) is 0 Å². The third-order valence-corrected chi connectivity index (χ3v) is 1.48. The summed E-state index contributed by atoms with van der Waals surface area (Å²) in [6, 6.07) is 3.15. The second kappa shape index (κ2) is 2.98. The smallest absolute Gasteiger partial charge is 0.127 e. The number of hydrogen-bond acceptors (Lipinski definition) is 2. The fourth-order valence-electron chi connectivity index (χ4n) is 0.597. The van der Waals surface area contributed by atoms with E-state index in [-0.39, 0.29) is 0 Å². The van der Waals surface area contributed by atoms with Crippen molar-refractivity contribution < 1.29 is 8.78 Å². The SMILES string of the molecule is NSc1cc(F)cc(F)c1. The number of benzene rings is 1. The largest absolute Gasteiger partial charge is 0.274 e. The van der Waals surface area contributed by atoms with E-state index in [1.807, 2.05) is 0 Å². The zero-order valence-electron chi connectivity index (χ0n) is 4.97.